The second kappa shape index (κ2) is 10.3. The predicted octanol–water partition coefficient (Wildman–Crippen LogP) is 4.81. The molecular formula is C22H22N2O4S. The summed E-state index contributed by atoms with van der Waals surface area (Å²) in [5.41, 5.74) is 1.26. The minimum absolute atomic E-state index is 0.106. The number of amides is 2. The van der Waals surface area contributed by atoms with E-state index in [1.807, 2.05) is 35.7 Å². The number of anilines is 2. The summed E-state index contributed by atoms with van der Waals surface area (Å²) in [4.78, 5) is 24.9. The standard InChI is InChI=1S/C22H22N2O4S/c1-27-18-9-11-19(12-10-18)28-13-3-8-21(25)23-16-5-2-6-17(15-16)24-22(26)20-7-4-14-29-20/h2,4-7,9-12,14-15H,3,8,13H2,1H3,(H,23,25)(H,24,26). The highest BCUT2D eigenvalue weighted by molar-refractivity contribution is 7.12. The van der Waals surface area contributed by atoms with Gasteiger partial charge in [0.1, 0.15) is 11.5 Å². The number of thiophene rings is 1. The average Bonchev–Trinajstić information content (AvgIpc) is 3.27. The molecule has 0 aliphatic carbocycles. The monoisotopic (exact) mass is 410 g/mol. The van der Waals surface area contributed by atoms with E-state index < -0.39 is 0 Å². The molecule has 7 heteroatoms. The van der Waals surface area contributed by atoms with Crippen molar-refractivity contribution in [2.75, 3.05) is 24.4 Å². The Morgan fingerprint density at radius 3 is 2.34 bits per heavy atom. The molecule has 2 amide bonds. The number of benzene rings is 2. The minimum atomic E-state index is -0.167. The van der Waals surface area contributed by atoms with Crippen LogP contribution in [0.15, 0.2) is 66.0 Å². The van der Waals surface area contributed by atoms with Gasteiger partial charge in [-0.25, -0.2) is 0 Å². The van der Waals surface area contributed by atoms with Crippen molar-refractivity contribution in [2.45, 2.75) is 12.8 Å². The number of hydrogen-bond acceptors (Lipinski definition) is 5. The van der Waals surface area contributed by atoms with Gasteiger partial charge in [0.05, 0.1) is 18.6 Å². The van der Waals surface area contributed by atoms with Crippen LogP contribution in [0.25, 0.3) is 0 Å². The number of rotatable bonds is 9. The first-order valence-electron chi connectivity index (χ1n) is 9.15. The average molecular weight is 410 g/mol. The van der Waals surface area contributed by atoms with Gasteiger partial charge >= 0.3 is 0 Å². The highest BCUT2D eigenvalue weighted by Gasteiger charge is 2.08. The Morgan fingerprint density at radius 2 is 1.66 bits per heavy atom. The van der Waals surface area contributed by atoms with Gasteiger partial charge in [0, 0.05) is 17.8 Å². The molecule has 0 aliphatic rings. The minimum Gasteiger partial charge on any atom is -0.497 e. The van der Waals surface area contributed by atoms with E-state index in [2.05, 4.69) is 10.6 Å². The van der Waals surface area contributed by atoms with Crippen molar-refractivity contribution in [3.05, 3.63) is 70.9 Å². The van der Waals surface area contributed by atoms with Crippen molar-refractivity contribution in [1.29, 1.82) is 0 Å². The van der Waals surface area contributed by atoms with Crippen LogP contribution in [-0.4, -0.2) is 25.5 Å². The van der Waals surface area contributed by atoms with Crippen LogP contribution in [0.4, 0.5) is 11.4 Å². The number of nitrogens with one attached hydrogen (secondary N) is 2. The third-order valence-electron chi connectivity index (χ3n) is 4.03. The van der Waals surface area contributed by atoms with Crippen molar-refractivity contribution in [1.82, 2.24) is 0 Å². The zero-order valence-electron chi connectivity index (χ0n) is 16.0. The van der Waals surface area contributed by atoms with E-state index in [0.717, 1.165) is 11.5 Å². The largest absolute Gasteiger partial charge is 0.497 e. The molecule has 0 atom stereocenters. The molecule has 1 aromatic heterocycles. The Bertz CT molecular complexity index is 940. The zero-order chi connectivity index (χ0) is 20.5. The number of hydrogen-bond donors (Lipinski definition) is 2. The second-order valence-electron chi connectivity index (χ2n) is 6.19. The summed E-state index contributed by atoms with van der Waals surface area (Å²) in [7, 11) is 1.61. The molecule has 3 aromatic rings. The van der Waals surface area contributed by atoms with Crippen LogP contribution >= 0.6 is 11.3 Å². The van der Waals surface area contributed by atoms with Crippen LogP contribution in [-0.2, 0) is 4.79 Å². The molecule has 2 aromatic carbocycles. The molecule has 1 heterocycles. The van der Waals surface area contributed by atoms with Crippen LogP contribution in [0.2, 0.25) is 0 Å². The Kier molecular flexibility index (Phi) is 7.24. The van der Waals surface area contributed by atoms with Gasteiger partial charge < -0.3 is 20.1 Å². The molecule has 150 valence electrons. The maximum atomic E-state index is 12.2. The smallest absolute Gasteiger partial charge is 0.265 e. The van der Waals surface area contributed by atoms with Crippen LogP contribution in [0, 0.1) is 0 Å². The van der Waals surface area contributed by atoms with Gasteiger partial charge in [-0.05, 0) is 60.3 Å². The summed E-state index contributed by atoms with van der Waals surface area (Å²) < 4.78 is 10.7. The van der Waals surface area contributed by atoms with Gasteiger partial charge in [-0.15, -0.1) is 11.3 Å². The highest BCUT2D eigenvalue weighted by Crippen LogP contribution is 2.19. The van der Waals surface area contributed by atoms with Gasteiger partial charge in [-0.2, -0.15) is 0 Å². The van der Waals surface area contributed by atoms with Gasteiger partial charge in [0.25, 0.3) is 5.91 Å². The van der Waals surface area contributed by atoms with Crippen molar-refractivity contribution < 1.29 is 19.1 Å². The van der Waals surface area contributed by atoms with E-state index in [1.165, 1.54) is 11.3 Å². The van der Waals surface area contributed by atoms with Gasteiger partial charge in [0.2, 0.25) is 5.91 Å². The van der Waals surface area contributed by atoms with E-state index in [4.69, 9.17) is 9.47 Å². The third-order valence-corrected chi connectivity index (χ3v) is 4.89. The molecule has 0 fully saturated rings. The van der Waals surface area contributed by atoms with Crippen molar-refractivity contribution in [3.8, 4) is 11.5 Å². The Labute approximate surface area is 173 Å². The molecule has 0 aliphatic heterocycles. The van der Waals surface area contributed by atoms with E-state index in [9.17, 15) is 9.59 Å². The van der Waals surface area contributed by atoms with Crippen LogP contribution < -0.4 is 20.1 Å². The lowest BCUT2D eigenvalue weighted by molar-refractivity contribution is -0.116. The third kappa shape index (κ3) is 6.36. The first kappa shape index (κ1) is 20.4. The summed E-state index contributed by atoms with van der Waals surface area (Å²) >= 11 is 1.38. The molecule has 2 N–H and O–H groups in total. The fourth-order valence-corrected chi connectivity index (χ4v) is 3.21. The lowest BCUT2D eigenvalue weighted by atomic mass is 10.2. The summed E-state index contributed by atoms with van der Waals surface area (Å²) in [6, 6.07) is 18.0. The molecule has 0 bridgehead atoms. The fourth-order valence-electron chi connectivity index (χ4n) is 2.59. The quantitative estimate of drug-likeness (QED) is 0.497. The van der Waals surface area contributed by atoms with Gasteiger partial charge in [-0.3, -0.25) is 9.59 Å². The second-order valence-corrected chi connectivity index (χ2v) is 7.14. The Hall–Kier alpha value is -3.32. The molecule has 6 nitrogen and oxygen atoms in total. The first-order valence-corrected chi connectivity index (χ1v) is 10.0. The Morgan fingerprint density at radius 1 is 0.931 bits per heavy atom. The molecule has 0 saturated carbocycles. The number of carbonyl (C=O) groups excluding carboxylic acids is 2. The summed E-state index contributed by atoms with van der Waals surface area (Å²) in [5.74, 6) is 1.23. The first-order chi connectivity index (χ1) is 14.1. The topological polar surface area (TPSA) is 76.7 Å². The van der Waals surface area contributed by atoms with Crippen molar-refractivity contribution >= 4 is 34.5 Å². The SMILES string of the molecule is COc1ccc(OCCCC(=O)Nc2cccc(NC(=O)c3cccs3)c2)cc1. The Balaban J connectivity index is 1.42. The normalized spacial score (nSPS) is 10.2. The van der Waals surface area contributed by atoms with Gasteiger partial charge in [-0.1, -0.05) is 12.1 Å². The molecule has 3 rings (SSSR count). The number of carbonyl (C=O) groups is 2. The van der Waals surface area contributed by atoms with Gasteiger partial charge in [0.15, 0.2) is 0 Å². The molecule has 29 heavy (non-hydrogen) atoms. The molecular weight excluding hydrogens is 388 g/mol. The summed E-state index contributed by atoms with van der Waals surface area (Å²) in [5, 5.41) is 7.52. The molecule has 0 spiro atoms. The summed E-state index contributed by atoms with van der Waals surface area (Å²) in [6.07, 6.45) is 0.925. The molecule has 0 unspecified atom stereocenters. The van der Waals surface area contributed by atoms with Crippen molar-refractivity contribution in [2.24, 2.45) is 0 Å². The number of methoxy groups -OCH3 is 1. The number of ether oxygens (including phenoxy) is 2. The van der Waals surface area contributed by atoms with Crippen LogP contribution in [0.3, 0.4) is 0 Å². The zero-order valence-corrected chi connectivity index (χ0v) is 16.8. The maximum Gasteiger partial charge on any atom is 0.265 e. The van der Waals surface area contributed by atoms with E-state index in [1.54, 1.807) is 37.4 Å². The fraction of sp³-hybridized carbons (Fsp3) is 0.182. The lowest BCUT2D eigenvalue weighted by Gasteiger charge is -2.09. The summed E-state index contributed by atoms with van der Waals surface area (Å²) in [6.45, 7) is 0.441. The van der Waals surface area contributed by atoms with E-state index in [-0.39, 0.29) is 11.8 Å². The molecule has 0 saturated heterocycles. The highest BCUT2D eigenvalue weighted by atomic mass is 32.1. The lowest BCUT2D eigenvalue weighted by Crippen LogP contribution is -2.14. The van der Waals surface area contributed by atoms with Crippen molar-refractivity contribution in [3.63, 3.8) is 0 Å². The van der Waals surface area contributed by atoms with E-state index in [0.29, 0.717) is 35.7 Å². The van der Waals surface area contributed by atoms with Crippen LogP contribution in [0.5, 0.6) is 11.5 Å². The predicted molar refractivity (Wildman–Crippen MR) is 115 cm³/mol. The van der Waals surface area contributed by atoms with E-state index >= 15 is 0 Å². The maximum absolute atomic E-state index is 12.2. The molecule has 0 radical (unpaired) electrons. The van der Waals surface area contributed by atoms with Crippen LogP contribution in [0.1, 0.15) is 22.5 Å².